The quantitative estimate of drug-likeness (QED) is 0.641. The molecule has 0 saturated heterocycles. The zero-order valence-corrected chi connectivity index (χ0v) is 11.4. The van der Waals surface area contributed by atoms with Gasteiger partial charge in [0.2, 0.25) is 0 Å². The van der Waals surface area contributed by atoms with E-state index in [2.05, 4.69) is 54.5 Å². The maximum atomic E-state index is 3.58. The Balaban J connectivity index is 2.97. The number of hydrogen-bond acceptors (Lipinski definition) is 0. The molecule has 0 aliphatic carbocycles. The third kappa shape index (κ3) is 2.67. The average molecular weight is 396 g/mol. The van der Waals surface area contributed by atoms with Gasteiger partial charge in [0, 0.05) is 0 Å². The molecule has 0 atom stereocenters. The van der Waals surface area contributed by atoms with Crippen LogP contribution in [-0.4, -0.2) is 7.42 Å². The molecule has 0 aliphatic heterocycles. The van der Waals surface area contributed by atoms with Crippen LogP contribution in [-0.2, 0) is 0 Å². The monoisotopic (exact) mass is 394 g/mol. The van der Waals surface area contributed by atoms with Gasteiger partial charge in [-0.1, -0.05) is 0 Å². The second-order valence-corrected chi connectivity index (χ2v) is 33.1. The Kier molecular flexibility index (Phi) is 3.45. The summed E-state index contributed by atoms with van der Waals surface area (Å²) in [4.78, 5) is 0. The van der Waals surface area contributed by atoms with E-state index in [1.54, 1.807) is 0 Å². The Bertz CT molecular complexity index is 204. The predicted octanol–water partition coefficient (Wildman–Crippen LogP) is 3.02. The van der Waals surface area contributed by atoms with Crippen molar-refractivity contribution in [3.8, 4) is 0 Å². The van der Waals surface area contributed by atoms with Crippen molar-refractivity contribution in [2.45, 2.75) is 0 Å². The van der Waals surface area contributed by atoms with E-state index in [-0.39, 0.29) is 0 Å². The van der Waals surface area contributed by atoms with Gasteiger partial charge in [-0.3, -0.25) is 0 Å². The van der Waals surface area contributed by atoms with Gasteiger partial charge in [0.05, 0.1) is 0 Å². The van der Waals surface area contributed by atoms with Crippen molar-refractivity contribution in [1.29, 1.82) is 0 Å². The summed E-state index contributed by atoms with van der Waals surface area (Å²) >= 11 is 10.7. The molecule has 0 saturated carbocycles. The molecule has 0 spiro atoms. The first-order chi connectivity index (χ1) is 4.61. The number of rotatable bonds is 1. The van der Waals surface area contributed by atoms with Crippen molar-refractivity contribution in [3.05, 3.63) is 30.3 Å². The summed E-state index contributed by atoms with van der Waals surface area (Å²) in [6.45, 7) is 0. The molecule has 0 aromatic heterocycles. The summed E-state index contributed by atoms with van der Waals surface area (Å²) in [5.41, 5.74) is 0. The molecular formula is C6H5Br3Se. The first-order valence-corrected chi connectivity index (χ1v) is 15.5. The molecular weight excluding hydrogens is 391 g/mol. The molecule has 0 nitrogen and oxygen atoms in total. The molecule has 10 heavy (non-hydrogen) atoms. The van der Waals surface area contributed by atoms with Gasteiger partial charge in [-0.2, -0.15) is 0 Å². The maximum absolute atomic E-state index is 3.58. The van der Waals surface area contributed by atoms with E-state index in [4.69, 9.17) is 0 Å². The van der Waals surface area contributed by atoms with Gasteiger partial charge in [0.15, 0.2) is 0 Å². The van der Waals surface area contributed by atoms with Crippen LogP contribution in [0, 0.1) is 0 Å². The Hall–Kier alpha value is 1.18. The number of hydrogen-bond donors (Lipinski definition) is 0. The normalized spacial score (nSPS) is 13.1. The third-order valence-corrected chi connectivity index (χ3v) is 8.53. The summed E-state index contributed by atoms with van der Waals surface area (Å²) in [5.74, 6) is 0. The van der Waals surface area contributed by atoms with Gasteiger partial charge < -0.3 is 0 Å². The van der Waals surface area contributed by atoms with E-state index in [9.17, 15) is 0 Å². The molecule has 56 valence electrons. The standard InChI is InChI=1S/C6H5Br3Se/c7-10(8,9)6-4-2-1-3-5-6/h1-5H. The number of benzene rings is 1. The molecule has 0 fully saturated rings. The van der Waals surface area contributed by atoms with Crippen LogP contribution in [0.25, 0.3) is 0 Å². The molecule has 0 N–H and O–H groups in total. The van der Waals surface area contributed by atoms with Crippen LogP contribution in [0.4, 0.5) is 0 Å². The fourth-order valence-corrected chi connectivity index (χ4v) is 4.92. The Morgan fingerprint density at radius 3 is 1.70 bits per heavy atom. The van der Waals surface area contributed by atoms with Gasteiger partial charge in [-0.05, 0) is 0 Å². The van der Waals surface area contributed by atoms with Gasteiger partial charge in [0.1, 0.15) is 0 Å². The molecule has 0 aliphatic rings. The summed E-state index contributed by atoms with van der Waals surface area (Å²) in [6, 6.07) is 10.3. The Labute approximate surface area is 83.7 Å². The van der Waals surface area contributed by atoms with E-state index < -0.39 is 7.42 Å². The van der Waals surface area contributed by atoms with Crippen LogP contribution in [0.1, 0.15) is 0 Å². The molecule has 1 aromatic rings. The van der Waals surface area contributed by atoms with Crippen molar-refractivity contribution in [1.82, 2.24) is 0 Å². The second-order valence-electron chi connectivity index (χ2n) is 1.72. The molecule has 0 bridgehead atoms. The van der Waals surface area contributed by atoms with Crippen LogP contribution >= 0.6 is 42.3 Å². The van der Waals surface area contributed by atoms with E-state index >= 15 is 0 Å². The van der Waals surface area contributed by atoms with Crippen molar-refractivity contribution in [3.63, 3.8) is 0 Å². The Morgan fingerprint density at radius 2 is 1.40 bits per heavy atom. The van der Waals surface area contributed by atoms with Crippen LogP contribution in [0.3, 0.4) is 0 Å². The zero-order valence-electron chi connectivity index (χ0n) is 4.93. The van der Waals surface area contributed by atoms with Gasteiger partial charge in [0.25, 0.3) is 0 Å². The minimum absolute atomic E-state index is 1.30. The van der Waals surface area contributed by atoms with Crippen molar-refractivity contribution >= 4 is 54.2 Å². The van der Waals surface area contributed by atoms with Crippen LogP contribution < -0.4 is 4.46 Å². The Morgan fingerprint density at radius 1 is 0.900 bits per heavy atom. The van der Waals surface area contributed by atoms with Crippen molar-refractivity contribution < 1.29 is 0 Å². The van der Waals surface area contributed by atoms with Crippen LogP contribution in [0.2, 0.25) is 0 Å². The molecule has 0 unspecified atom stereocenters. The summed E-state index contributed by atoms with van der Waals surface area (Å²) in [5, 5.41) is 0. The zero-order chi connectivity index (χ0) is 7.61. The first kappa shape index (κ1) is 9.27. The summed E-state index contributed by atoms with van der Waals surface area (Å²) in [7, 11) is -1.76. The average Bonchev–Trinajstić information content (AvgIpc) is 1.88. The minimum atomic E-state index is -1.76. The van der Waals surface area contributed by atoms with Gasteiger partial charge >= 0.3 is 84.5 Å². The molecule has 4 heteroatoms. The van der Waals surface area contributed by atoms with Crippen molar-refractivity contribution in [2.24, 2.45) is 0 Å². The SMILES string of the molecule is Br[Se](Br)(Br)c1ccccc1. The van der Waals surface area contributed by atoms with E-state index in [1.807, 2.05) is 18.2 Å². The van der Waals surface area contributed by atoms with Gasteiger partial charge in [-0.15, -0.1) is 0 Å². The molecule has 0 radical (unpaired) electrons. The topological polar surface area (TPSA) is 0 Å². The van der Waals surface area contributed by atoms with E-state index in [0.29, 0.717) is 0 Å². The van der Waals surface area contributed by atoms with Crippen LogP contribution in [0.5, 0.6) is 0 Å². The summed E-state index contributed by atoms with van der Waals surface area (Å²) in [6.07, 6.45) is 0. The molecule has 1 aromatic carbocycles. The fourth-order valence-electron chi connectivity index (χ4n) is 0.575. The summed E-state index contributed by atoms with van der Waals surface area (Å²) < 4.78 is 1.30. The van der Waals surface area contributed by atoms with E-state index in [1.165, 1.54) is 4.46 Å². The predicted molar refractivity (Wildman–Crippen MR) is 58.6 cm³/mol. The second kappa shape index (κ2) is 3.72. The molecule has 0 heterocycles. The first-order valence-electron chi connectivity index (χ1n) is 2.58. The van der Waals surface area contributed by atoms with Gasteiger partial charge in [-0.25, -0.2) is 0 Å². The fraction of sp³-hybridized carbons (Fsp3) is 0. The van der Waals surface area contributed by atoms with Crippen LogP contribution in [0.15, 0.2) is 30.3 Å². The van der Waals surface area contributed by atoms with E-state index in [0.717, 1.165) is 0 Å². The molecule has 1 rings (SSSR count). The molecule has 0 amide bonds. The van der Waals surface area contributed by atoms with Crippen molar-refractivity contribution in [2.75, 3.05) is 0 Å². The number of halogens is 3. The third-order valence-electron chi connectivity index (χ3n) is 1.01.